The Labute approximate surface area is 70.2 Å². The van der Waals surface area contributed by atoms with Crippen LogP contribution >= 0.6 is 0 Å². The quantitative estimate of drug-likeness (QED) is 0.321. The van der Waals surface area contributed by atoms with Crippen LogP contribution < -0.4 is 51.4 Å². The molecule has 26 valence electrons. The van der Waals surface area contributed by atoms with E-state index < -0.39 is 6.68 Å². The van der Waals surface area contributed by atoms with E-state index in [4.69, 9.17) is 0 Å². The molecule has 0 radical (unpaired) electrons. The molecule has 0 aromatic carbocycles. The first-order valence-electron chi connectivity index (χ1n) is 0.655. The van der Waals surface area contributed by atoms with Crippen LogP contribution in [0.5, 0.6) is 0 Å². The third kappa shape index (κ3) is 31.3. The Morgan fingerprint density at radius 2 is 1.00 bits per heavy atom. The number of alkyl halides is 3. The average molecular weight is 109 g/mol. The van der Waals surface area contributed by atoms with Gasteiger partial charge in [-0.25, -0.2) is 0 Å². The van der Waals surface area contributed by atoms with E-state index in [2.05, 4.69) is 0 Å². The summed E-state index contributed by atoms with van der Waals surface area (Å²) in [4.78, 5) is 0. The van der Waals surface area contributed by atoms with Gasteiger partial charge in [-0.15, -0.1) is 0 Å². The van der Waals surface area contributed by atoms with Crippen LogP contribution in [0.15, 0.2) is 0 Å². The molecule has 0 N–H and O–H groups in total. The predicted molar refractivity (Wildman–Crippen MR) is 7.11 cm³/mol. The van der Waals surface area contributed by atoms with E-state index in [9.17, 15) is 13.2 Å². The first-order chi connectivity index (χ1) is 1.73. The minimum absolute atomic E-state index is 0. The first kappa shape index (κ1) is 9.66. The maximum atomic E-state index is 9.67. The van der Waals surface area contributed by atoms with Gasteiger partial charge in [0.05, 0.1) is 0 Å². The van der Waals surface area contributed by atoms with E-state index in [1.54, 1.807) is 0 Å². The molecule has 0 saturated heterocycles. The molecule has 0 nitrogen and oxygen atoms in total. The first-order valence-corrected chi connectivity index (χ1v) is 0.655. The van der Waals surface area contributed by atoms with Gasteiger partial charge in [0.2, 0.25) is 0 Å². The van der Waals surface area contributed by atoms with E-state index in [0.717, 1.165) is 0 Å². The van der Waals surface area contributed by atoms with Gasteiger partial charge in [0.15, 0.2) is 0 Å². The Bertz CT molecular complexity index is 11.6. The molecule has 0 aliphatic heterocycles. The fourth-order valence-corrected chi connectivity index (χ4v) is 0. The number of hydrogen-bond acceptors (Lipinski definition) is 0. The van der Waals surface area contributed by atoms with E-state index in [-0.39, 0.29) is 51.4 Å². The molecule has 0 aromatic heterocycles. The van der Waals surface area contributed by atoms with E-state index in [1.165, 1.54) is 0 Å². The molecule has 0 unspecified atom stereocenters. The van der Waals surface area contributed by atoms with Gasteiger partial charge in [-0.1, -0.05) is 0 Å². The van der Waals surface area contributed by atoms with Gasteiger partial charge >= 0.3 is 58.1 Å². The molecule has 0 atom stereocenters. The van der Waals surface area contributed by atoms with E-state index in [0.29, 0.717) is 0 Å². The fraction of sp³-hybridized carbons (Fsp3) is 1.00. The molecule has 0 aliphatic rings. The third-order valence-corrected chi connectivity index (χ3v) is 0. The molecular weight excluding hydrogens is 108 g/mol. The Morgan fingerprint density at radius 1 is 1.00 bits per heavy atom. The molecule has 0 bridgehead atoms. The second kappa shape index (κ2) is 5.43. The zero-order chi connectivity index (χ0) is 3.58. The van der Waals surface area contributed by atoms with Gasteiger partial charge < -0.3 is 0 Å². The monoisotopic (exact) mass is 109 g/mol. The van der Waals surface area contributed by atoms with Gasteiger partial charge in [-0.3, -0.25) is 0 Å². The van der Waals surface area contributed by atoms with Gasteiger partial charge in [0.1, 0.15) is 0 Å². The smallest absolute Gasteiger partial charge is 0.174 e. The van der Waals surface area contributed by atoms with Crippen molar-refractivity contribution < 1.29 is 64.6 Å². The zero-order valence-electron chi connectivity index (χ0n) is 2.71. The van der Waals surface area contributed by atoms with Crippen molar-refractivity contribution in [1.82, 2.24) is 0 Å². The Hall–Kier alpha value is 1.43. The summed E-state index contributed by atoms with van der Waals surface area (Å²) in [5.41, 5.74) is 0. The van der Waals surface area contributed by atoms with Crippen molar-refractivity contribution >= 4 is 0 Å². The molecule has 0 amide bonds. The predicted octanol–water partition coefficient (Wildman–Crippen LogP) is -1.82. The fourth-order valence-electron chi connectivity index (χ4n) is 0. The van der Waals surface area contributed by atoms with Crippen LogP contribution in [0, 0.1) is 0 Å². The van der Waals surface area contributed by atoms with Crippen molar-refractivity contribution in [2.24, 2.45) is 0 Å². The van der Waals surface area contributed by atoms with Gasteiger partial charge in [-0.2, -0.15) is 13.2 Å². The second-order valence-corrected chi connectivity index (χ2v) is 0.247. The molecule has 0 spiro atoms. The average Bonchev–Trinajstić information content (AvgIpc) is 0.811. The van der Waals surface area contributed by atoms with Gasteiger partial charge in [0.25, 0.3) is 0 Å². The van der Waals surface area contributed by atoms with Crippen LogP contribution in [0.25, 0.3) is 0 Å². The summed E-state index contributed by atoms with van der Waals surface area (Å²) in [6, 6.07) is 0. The molecule has 5 heavy (non-hydrogen) atoms. The second-order valence-electron chi connectivity index (χ2n) is 0.247. The van der Waals surface area contributed by atoms with Crippen molar-refractivity contribution in [2.75, 3.05) is 0 Å². The van der Waals surface area contributed by atoms with Crippen LogP contribution in [-0.4, -0.2) is 6.68 Å². The third-order valence-electron chi connectivity index (χ3n) is 0. The minimum atomic E-state index is -3.67. The van der Waals surface area contributed by atoms with Crippen molar-refractivity contribution in [3.63, 3.8) is 0 Å². The Morgan fingerprint density at radius 3 is 1.00 bits per heavy atom. The topological polar surface area (TPSA) is 0 Å². The Balaban J connectivity index is 0. The summed E-state index contributed by atoms with van der Waals surface area (Å²) in [5.74, 6) is 0. The molecule has 0 rings (SSSR count). The molecule has 0 aromatic rings. The van der Waals surface area contributed by atoms with Gasteiger partial charge in [-0.05, 0) is 0 Å². The molecule has 4 heteroatoms. The maximum Gasteiger partial charge on any atom is 1.00 e. The standard InChI is InChI=1S/CHF3.K/c2-1(3)4;/h1H;/q;+1. The summed E-state index contributed by atoms with van der Waals surface area (Å²) in [6.45, 7) is -3.67. The van der Waals surface area contributed by atoms with Crippen LogP contribution in [0.4, 0.5) is 13.2 Å². The van der Waals surface area contributed by atoms with E-state index >= 15 is 0 Å². The largest absolute Gasteiger partial charge is 1.00 e. The molecular formula is CHF3K+. The molecule has 0 aliphatic carbocycles. The minimum Gasteiger partial charge on any atom is -0.174 e. The number of rotatable bonds is 0. The maximum absolute atomic E-state index is 9.67. The summed E-state index contributed by atoms with van der Waals surface area (Å²) in [7, 11) is 0. The van der Waals surface area contributed by atoms with Crippen molar-refractivity contribution in [3.05, 3.63) is 0 Å². The van der Waals surface area contributed by atoms with Crippen LogP contribution in [0.2, 0.25) is 0 Å². The van der Waals surface area contributed by atoms with Crippen molar-refractivity contribution in [1.29, 1.82) is 0 Å². The van der Waals surface area contributed by atoms with Crippen molar-refractivity contribution in [3.8, 4) is 0 Å². The van der Waals surface area contributed by atoms with Gasteiger partial charge in [0, 0.05) is 0 Å². The molecule has 0 saturated carbocycles. The van der Waals surface area contributed by atoms with Crippen LogP contribution in [0.3, 0.4) is 0 Å². The van der Waals surface area contributed by atoms with Crippen molar-refractivity contribution in [2.45, 2.75) is 6.68 Å². The summed E-state index contributed by atoms with van der Waals surface area (Å²) in [5, 5.41) is 0. The van der Waals surface area contributed by atoms with E-state index in [1.807, 2.05) is 0 Å². The number of hydrogen-bond donors (Lipinski definition) is 0. The summed E-state index contributed by atoms with van der Waals surface area (Å²) < 4.78 is 29.0. The number of halogens is 3. The Kier molecular flexibility index (Phi) is 10.5. The van der Waals surface area contributed by atoms with Crippen LogP contribution in [-0.2, 0) is 0 Å². The molecule has 0 heterocycles. The SMILES string of the molecule is FC(F)F.[K+]. The summed E-state index contributed by atoms with van der Waals surface area (Å²) in [6.07, 6.45) is 0. The summed E-state index contributed by atoms with van der Waals surface area (Å²) >= 11 is 0. The van der Waals surface area contributed by atoms with Crippen LogP contribution in [0.1, 0.15) is 0 Å². The molecule has 0 fully saturated rings. The zero-order valence-corrected chi connectivity index (χ0v) is 5.83. The normalized spacial score (nSPS) is 7.20.